The SMILES string of the molecule is COCCC(=O)N1C2CCC1CC(O)C2. The second-order valence-corrected chi connectivity index (χ2v) is 4.55. The highest BCUT2D eigenvalue weighted by atomic mass is 16.5. The highest BCUT2D eigenvalue weighted by molar-refractivity contribution is 5.77. The van der Waals surface area contributed by atoms with E-state index in [1.807, 2.05) is 4.90 Å². The fourth-order valence-electron chi connectivity index (χ4n) is 2.87. The molecule has 2 heterocycles. The van der Waals surface area contributed by atoms with Crippen LogP contribution in [0, 0.1) is 0 Å². The summed E-state index contributed by atoms with van der Waals surface area (Å²) in [5, 5.41) is 9.60. The summed E-state index contributed by atoms with van der Waals surface area (Å²) >= 11 is 0. The van der Waals surface area contributed by atoms with Gasteiger partial charge in [0, 0.05) is 19.2 Å². The van der Waals surface area contributed by atoms with Crippen LogP contribution in [0.1, 0.15) is 32.1 Å². The van der Waals surface area contributed by atoms with E-state index in [4.69, 9.17) is 4.74 Å². The van der Waals surface area contributed by atoms with E-state index in [9.17, 15) is 9.90 Å². The van der Waals surface area contributed by atoms with Crippen LogP contribution in [0.15, 0.2) is 0 Å². The first-order valence-corrected chi connectivity index (χ1v) is 5.70. The van der Waals surface area contributed by atoms with E-state index in [-0.39, 0.29) is 24.1 Å². The number of methoxy groups -OCH3 is 1. The fraction of sp³-hybridized carbons (Fsp3) is 0.909. The maximum atomic E-state index is 11.9. The van der Waals surface area contributed by atoms with Gasteiger partial charge in [0.05, 0.1) is 19.1 Å². The molecule has 1 amide bonds. The second kappa shape index (κ2) is 4.49. The molecule has 0 aromatic heterocycles. The van der Waals surface area contributed by atoms with Crippen LogP contribution in [0.2, 0.25) is 0 Å². The molecule has 1 N–H and O–H groups in total. The van der Waals surface area contributed by atoms with Crippen molar-refractivity contribution in [2.24, 2.45) is 0 Å². The Morgan fingerprint density at radius 3 is 2.53 bits per heavy atom. The number of hydrogen-bond acceptors (Lipinski definition) is 3. The van der Waals surface area contributed by atoms with E-state index >= 15 is 0 Å². The van der Waals surface area contributed by atoms with E-state index in [1.54, 1.807) is 7.11 Å². The predicted octanol–water partition coefficient (Wildman–Crippen LogP) is 0.537. The van der Waals surface area contributed by atoms with Gasteiger partial charge in [-0.25, -0.2) is 0 Å². The van der Waals surface area contributed by atoms with Crippen LogP contribution in [-0.4, -0.2) is 47.8 Å². The topological polar surface area (TPSA) is 49.8 Å². The summed E-state index contributed by atoms with van der Waals surface area (Å²) in [4.78, 5) is 13.9. The molecule has 0 aromatic rings. The van der Waals surface area contributed by atoms with Crippen molar-refractivity contribution in [3.8, 4) is 0 Å². The first kappa shape index (κ1) is 10.9. The third kappa shape index (κ3) is 2.16. The summed E-state index contributed by atoms with van der Waals surface area (Å²) in [5.74, 6) is 0.191. The normalized spacial score (nSPS) is 34.5. The number of amides is 1. The van der Waals surface area contributed by atoms with Gasteiger partial charge in [-0.2, -0.15) is 0 Å². The molecular weight excluding hydrogens is 194 g/mol. The molecule has 0 aromatic carbocycles. The molecule has 2 atom stereocenters. The maximum absolute atomic E-state index is 11.9. The third-order valence-electron chi connectivity index (χ3n) is 3.52. The van der Waals surface area contributed by atoms with Gasteiger partial charge in [0.2, 0.25) is 5.91 Å². The van der Waals surface area contributed by atoms with Crippen LogP contribution in [0.3, 0.4) is 0 Å². The molecule has 0 spiro atoms. The zero-order valence-corrected chi connectivity index (χ0v) is 9.19. The van der Waals surface area contributed by atoms with Gasteiger partial charge in [-0.3, -0.25) is 4.79 Å². The summed E-state index contributed by atoms with van der Waals surface area (Å²) in [7, 11) is 1.61. The van der Waals surface area contributed by atoms with Gasteiger partial charge in [-0.05, 0) is 25.7 Å². The van der Waals surface area contributed by atoms with Crippen molar-refractivity contribution in [1.82, 2.24) is 4.90 Å². The number of piperidine rings is 1. The molecule has 2 saturated heterocycles. The van der Waals surface area contributed by atoms with Gasteiger partial charge >= 0.3 is 0 Å². The molecule has 15 heavy (non-hydrogen) atoms. The smallest absolute Gasteiger partial charge is 0.225 e. The Bertz CT molecular complexity index is 230. The minimum atomic E-state index is -0.200. The van der Waals surface area contributed by atoms with Crippen LogP contribution in [0.25, 0.3) is 0 Å². The van der Waals surface area contributed by atoms with Crippen LogP contribution in [-0.2, 0) is 9.53 Å². The maximum Gasteiger partial charge on any atom is 0.225 e. The summed E-state index contributed by atoms with van der Waals surface area (Å²) in [5.41, 5.74) is 0. The molecule has 0 saturated carbocycles. The lowest BCUT2D eigenvalue weighted by atomic mass is 9.99. The minimum absolute atomic E-state index is 0.191. The molecule has 2 aliphatic rings. The monoisotopic (exact) mass is 213 g/mol. The highest BCUT2D eigenvalue weighted by Crippen LogP contribution is 2.35. The molecule has 4 heteroatoms. The molecule has 0 radical (unpaired) electrons. The van der Waals surface area contributed by atoms with Crippen molar-refractivity contribution in [3.05, 3.63) is 0 Å². The quantitative estimate of drug-likeness (QED) is 0.744. The molecule has 2 rings (SSSR count). The van der Waals surface area contributed by atoms with Crippen molar-refractivity contribution < 1.29 is 14.6 Å². The number of aliphatic hydroxyl groups excluding tert-OH is 1. The van der Waals surface area contributed by atoms with E-state index < -0.39 is 0 Å². The molecular formula is C11H19NO3. The number of hydrogen-bond donors (Lipinski definition) is 1. The minimum Gasteiger partial charge on any atom is -0.393 e. The van der Waals surface area contributed by atoms with Crippen LogP contribution >= 0.6 is 0 Å². The first-order chi connectivity index (χ1) is 7.22. The Labute approximate surface area is 90.2 Å². The van der Waals surface area contributed by atoms with Gasteiger partial charge < -0.3 is 14.7 Å². The summed E-state index contributed by atoms with van der Waals surface area (Å²) in [6.45, 7) is 0.497. The molecule has 2 aliphatic heterocycles. The lowest BCUT2D eigenvalue weighted by Gasteiger charge is -2.37. The van der Waals surface area contributed by atoms with Gasteiger partial charge in [0.25, 0.3) is 0 Å². The molecule has 0 aliphatic carbocycles. The zero-order valence-electron chi connectivity index (χ0n) is 9.19. The van der Waals surface area contributed by atoms with Crippen LogP contribution in [0.4, 0.5) is 0 Å². The standard InChI is InChI=1S/C11H19NO3/c1-15-5-4-11(14)12-8-2-3-9(12)7-10(13)6-8/h8-10,13H,2-7H2,1H3. The van der Waals surface area contributed by atoms with Crippen molar-refractivity contribution in [2.75, 3.05) is 13.7 Å². The van der Waals surface area contributed by atoms with Gasteiger partial charge in [0.15, 0.2) is 0 Å². The summed E-state index contributed by atoms with van der Waals surface area (Å²) in [6.07, 6.45) is 3.90. The Morgan fingerprint density at radius 2 is 2.00 bits per heavy atom. The first-order valence-electron chi connectivity index (χ1n) is 5.70. The summed E-state index contributed by atoms with van der Waals surface area (Å²) in [6, 6.07) is 0.561. The van der Waals surface area contributed by atoms with Gasteiger partial charge in [0.1, 0.15) is 0 Å². The number of rotatable bonds is 3. The molecule has 2 unspecified atom stereocenters. The average Bonchev–Trinajstić information content (AvgIpc) is 2.48. The Balaban J connectivity index is 1.95. The zero-order chi connectivity index (χ0) is 10.8. The fourth-order valence-corrected chi connectivity index (χ4v) is 2.87. The van der Waals surface area contributed by atoms with Crippen molar-refractivity contribution in [1.29, 1.82) is 0 Å². The second-order valence-electron chi connectivity index (χ2n) is 4.55. The predicted molar refractivity (Wildman–Crippen MR) is 55.4 cm³/mol. The Morgan fingerprint density at radius 1 is 1.40 bits per heavy atom. The number of carbonyl (C=O) groups is 1. The van der Waals surface area contributed by atoms with Gasteiger partial charge in [-0.1, -0.05) is 0 Å². The largest absolute Gasteiger partial charge is 0.393 e. The van der Waals surface area contributed by atoms with Gasteiger partial charge in [-0.15, -0.1) is 0 Å². The number of carbonyl (C=O) groups excluding carboxylic acids is 1. The molecule has 4 nitrogen and oxygen atoms in total. The van der Waals surface area contributed by atoms with E-state index in [2.05, 4.69) is 0 Å². The average molecular weight is 213 g/mol. The van der Waals surface area contributed by atoms with E-state index in [1.165, 1.54) is 0 Å². The lowest BCUT2D eigenvalue weighted by molar-refractivity contribution is -0.138. The number of aliphatic hydroxyl groups is 1. The van der Waals surface area contributed by atoms with Crippen LogP contribution < -0.4 is 0 Å². The summed E-state index contributed by atoms with van der Waals surface area (Å²) < 4.78 is 4.92. The Hall–Kier alpha value is -0.610. The number of fused-ring (bicyclic) bond motifs is 2. The van der Waals surface area contributed by atoms with Crippen molar-refractivity contribution in [3.63, 3.8) is 0 Å². The third-order valence-corrected chi connectivity index (χ3v) is 3.52. The lowest BCUT2D eigenvalue weighted by Crippen LogP contribution is -2.48. The van der Waals surface area contributed by atoms with E-state index in [0.29, 0.717) is 13.0 Å². The molecule has 2 bridgehead atoms. The number of ether oxygens (including phenoxy) is 1. The van der Waals surface area contributed by atoms with Crippen molar-refractivity contribution in [2.45, 2.75) is 50.3 Å². The van der Waals surface area contributed by atoms with Crippen molar-refractivity contribution >= 4 is 5.91 Å². The molecule has 86 valence electrons. The van der Waals surface area contributed by atoms with E-state index in [0.717, 1.165) is 25.7 Å². The highest BCUT2D eigenvalue weighted by Gasteiger charge is 2.42. The Kier molecular flexibility index (Phi) is 3.26. The van der Waals surface area contributed by atoms with Crippen LogP contribution in [0.5, 0.6) is 0 Å². The molecule has 2 fully saturated rings. The number of nitrogens with zero attached hydrogens (tertiary/aromatic N) is 1.